The smallest absolute Gasteiger partial charge is 0.356 e. The second-order valence-electron chi connectivity index (χ2n) is 3.81. The molecule has 1 aromatic heterocycles. The quantitative estimate of drug-likeness (QED) is 0.401. The first-order valence-electron chi connectivity index (χ1n) is 5.91. The van der Waals surface area contributed by atoms with Crippen molar-refractivity contribution in [3.8, 4) is 11.8 Å². The zero-order chi connectivity index (χ0) is 14.5. The molecule has 1 aromatic carbocycles. The van der Waals surface area contributed by atoms with E-state index in [1.165, 1.54) is 6.08 Å². The van der Waals surface area contributed by atoms with Crippen LogP contribution < -0.4 is 0 Å². The highest BCUT2D eigenvalue weighted by atomic mass is 16.5. The Morgan fingerprint density at radius 1 is 1.50 bits per heavy atom. The Balaban J connectivity index is 2.45. The first-order chi connectivity index (χ1) is 9.67. The molecule has 0 bridgehead atoms. The van der Waals surface area contributed by atoms with E-state index in [0.717, 1.165) is 0 Å². The molecular formula is C15H11NO4. The van der Waals surface area contributed by atoms with Gasteiger partial charge >= 0.3 is 5.97 Å². The minimum absolute atomic E-state index is 0.0609. The molecule has 0 fully saturated rings. The first-order valence-corrected chi connectivity index (χ1v) is 5.91. The van der Waals surface area contributed by atoms with Gasteiger partial charge in [0.1, 0.15) is 11.7 Å². The van der Waals surface area contributed by atoms with Crippen LogP contribution in [0.4, 0.5) is 0 Å². The number of nitrogens with zero attached hydrogens (tertiary/aromatic N) is 1. The summed E-state index contributed by atoms with van der Waals surface area (Å²) in [5.41, 5.74) is 2.70. The van der Waals surface area contributed by atoms with Crippen LogP contribution in [0.25, 0.3) is 17.0 Å². The maximum Gasteiger partial charge on any atom is 0.356 e. The molecule has 0 aliphatic carbocycles. The maximum absolute atomic E-state index is 11.4. The molecule has 0 radical (unpaired) electrons. The Morgan fingerprint density at radius 3 is 2.90 bits per heavy atom. The second-order valence-corrected chi connectivity index (χ2v) is 3.81. The minimum Gasteiger partial charge on any atom is -0.504 e. The van der Waals surface area contributed by atoms with Crippen molar-refractivity contribution in [1.29, 1.82) is 5.26 Å². The largest absolute Gasteiger partial charge is 0.504 e. The predicted octanol–water partition coefficient (Wildman–Crippen LogP) is 2.76. The number of benzene rings is 1. The van der Waals surface area contributed by atoms with Crippen LogP contribution in [0.2, 0.25) is 0 Å². The van der Waals surface area contributed by atoms with E-state index >= 15 is 0 Å². The van der Waals surface area contributed by atoms with Crippen LogP contribution in [-0.4, -0.2) is 17.7 Å². The number of nitriles is 1. The van der Waals surface area contributed by atoms with Crippen molar-refractivity contribution in [3.63, 3.8) is 0 Å². The zero-order valence-corrected chi connectivity index (χ0v) is 10.7. The van der Waals surface area contributed by atoms with Crippen LogP contribution >= 0.6 is 0 Å². The monoisotopic (exact) mass is 269 g/mol. The molecule has 0 amide bonds. The van der Waals surface area contributed by atoms with Crippen molar-refractivity contribution < 1.29 is 19.1 Å². The van der Waals surface area contributed by atoms with Crippen LogP contribution in [0.5, 0.6) is 5.75 Å². The van der Waals surface area contributed by atoms with Gasteiger partial charge in [0, 0.05) is 6.08 Å². The van der Waals surface area contributed by atoms with E-state index in [9.17, 15) is 9.90 Å². The van der Waals surface area contributed by atoms with Gasteiger partial charge in [-0.2, -0.15) is 5.26 Å². The third-order valence-corrected chi connectivity index (χ3v) is 2.53. The predicted molar refractivity (Wildman–Crippen MR) is 71.6 cm³/mol. The van der Waals surface area contributed by atoms with Gasteiger partial charge in [-0.3, -0.25) is 0 Å². The third kappa shape index (κ3) is 2.56. The lowest BCUT2D eigenvalue weighted by molar-refractivity contribution is -0.137. The zero-order valence-electron chi connectivity index (χ0n) is 10.7. The molecule has 0 aliphatic rings. The van der Waals surface area contributed by atoms with Gasteiger partial charge in [0.05, 0.1) is 12.0 Å². The summed E-state index contributed by atoms with van der Waals surface area (Å²) in [4.78, 5) is 11.4. The molecule has 0 unspecified atom stereocenters. The van der Waals surface area contributed by atoms with Gasteiger partial charge in [-0.15, -0.1) is 0 Å². The van der Waals surface area contributed by atoms with Gasteiger partial charge in [0.15, 0.2) is 17.1 Å². The van der Waals surface area contributed by atoms with E-state index in [2.05, 4.69) is 5.73 Å². The number of carbonyl (C=O) groups excluding carboxylic acids is 1. The highest BCUT2D eigenvalue weighted by Crippen LogP contribution is 2.32. The van der Waals surface area contributed by atoms with Crippen molar-refractivity contribution in [1.82, 2.24) is 0 Å². The van der Waals surface area contributed by atoms with Crippen molar-refractivity contribution in [2.24, 2.45) is 0 Å². The van der Waals surface area contributed by atoms with E-state index < -0.39 is 5.97 Å². The maximum atomic E-state index is 11.4. The molecule has 100 valence electrons. The number of para-hydroxylation sites is 1. The Hall–Kier alpha value is -2.96. The van der Waals surface area contributed by atoms with Gasteiger partial charge < -0.3 is 14.3 Å². The Kier molecular flexibility index (Phi) is 3.90. The lowest BCUT2D eigenvalue weighted by atomic mass is 10.2. The topological polar surface area (TPSA) is 83.5 Å². The summed E-state index contributed by atoms with van der Waals surface area (Å²) < 4.78 is 10.1. The van der Waals surface area contributed by atoms with Crippen molar-refractivity contribution in [3.05, 3.63) is 41.3 Å². The van der Waals surface area contributed by atoms with E-state index in [0.29, 0.717) is 11.0 Å². The number of carbonyl (C=O) groups is 1. The fourth-order valence-corrected chi connectivity index (χ4v) is 1.63. The van der Waals surface area contributed by atoms with Crippen molar-refractivity contribution in [2.45, 2.75) is 6.92 Å². The number of ether oxygens (including phenoxy) is 1. The van der Waals surface area contributed by atoms with Gasteiger partial charge in [-0.25, -0.2) is 4.79 Å². The number of hydrogen-bond acceptors (Lipinski definition) is 5. The summed E-state index contributed by atoms with van der Waals surface area (Å²) in [5, 5.41) is 19.3. The summed E-state index contributed by atoms with van der Waals surface area (Å²) in [6.45, 7) is 1.81. The standard InChI is InChI=1S/C15H11NO4/c1-2-19-15(18)10(9-16)7-8-13-14(17)11-5-3-4-6-12(11)20-13/h3-6,8,17H,2H2,1H3. The third-order valence-electron chi connectivity index (χ3n) is 2.53. The van der Waals surface area contributed by atoms with E-state index in [4.69, 9.17) is 14.4 Å². The van der Waals surface area contributed by atoms with Crippen molar-refractivity contribution in [2.75, 3.05) is 6.61 Å². The SMILES string of the molecule is CCOC(=O)C(=C=Cc1oc2ccccc2c1O)C#N. The molecule has 5 heteroatoms. The number of furan rings is 1. The Morgan fingerprint density at radius 2 is 2.25 bits per heavy atom. The summed E-state index contributed by atoms with van der Waals surface area (Å²) in [6.07, 6.45) is 1.24. The molecular weight excluding hydrogens is 258 g/mol. The average Bonchev–Trinajstić information content (AvgIpc) is 2.77. The van der Waals surface area contributed by atoms with Gasteiger partial charge in [0.25, 0.3) is 0 Å². The number of fused-ring (bicyclic) bond motifs is 1. The highest BCUT2D eigenvalue weighted by Gasteiger charge is 2.11. The molecule has 1 N–H and O–H groups in total. The van der Waals surface area contributed by atoms with Crippen LogP contribution in [0.3, 0.4) is 0 Å². The second kappa shape index (κ2) is 5.79. The molecule has 20 heavy (non-hydrogen) atoms. The molecule has 0 aliphatic heterocycles. The molecule has 1 heterocycles. The normalized spacial score (nSPS) is 9.60. The summed E-state index contributed by atoms with van der Waals surface area (Å²) in [7, 11) is 0. The summed E-state index contributed by atoms with van der Waals surface area (Å²) in [5.74, 6) is -0.695. The van der Waals surface area contributed by atoms with Crippen LogP contribution in [0.1, 0.15) is 12.7 Å². The van der Waals surface area contributed by atoms with Crippen molar-refractivity contribution >= 4 is 23.0 Å². The number of esters is 1. The highest BCUT2D eigenvalue weighted by molar-refractivity contribution is 5.93. The molecule has 0 spiro atoms. The fraction of sp³-hybridized carbons (Fsp3) is 0.133. The summed E-state index contributed by atoms with van der Waals surface area (Å²) >= 11 is 0. The van der Waals surface area contributed by atoms with E-state index in [1.807, 2.05) is 0 Å². The van der Waals surface area contributed by atoms with E-state index in [-0.39, 0.29) is 23.7 Å². The average molecular weight is 269 g/mol. The molecule has 0 atom stereocenters. The molecule has 2 rings (SSSR count). The molecule has 5 nitrogen and oxygen atoms in total. The molecule has 0 saturated carbocycles. The minimum atomic E-state index is -0.762. The van der Waals surface area contributed by atoms with Crippen LogP contribution in [-0.2, 0) is 9.53 Å². The number of hydrogen-bond donors (Lipinski definition) is 1. The molecule has 0 saturated heterocycles. The Labute approximate surface area is 115 Å². The summed E-state index contributed by atoms with van der Waals surface area (Å²) in [6, 6.07) is 8.62. The van der Waals surface area contributed by atoms with Crippen LogP contribution in [0.15, 0.2) is 40.0 Å². The fourth-order valence-electron chi connectivity index (χ4n) is 1.63. The van der Waals surface area contributed by atoms with E-state index in [1.54, 1.807) is 37.3 Å². The molecule has 2 aromatic rings. The lowest BCUT2D eigenvalue weighted by Gasteiger charge is -1.95. The van der Waals surface area contributed by atoms with Gasteiger partial charge in [-0.05, 0) is 19.1 Å². The Bertz CT molecular complexity index is 758. The van der Waals surface area contributed by atoms with Gasteiger partial charge in [-0.1, -0.05) is 17.9 Å². The lowest BCUT2D eigenvalue weighted by Crippen LogP contribution is -2.05. The first kappa shape index (κ1) is 13.5. The van der Waals surface area contributed by atoms with Gasteiger partial charge in [0.2, 0.25) is 0 Å². The number of rotatable bonds is 3. The number of aromatic hydroxyl groups is 1. The van der Waals surface area contributed by atoms with Crippen LogP contribution in [0, 0.1) is 11.3 Å².